The molecule has 0 amide bonds. The quantitative estimate of drug-likeness (QED) is 0.770. The van der Waals surface area contributed by atoms with Crippen molar-refractivity contribution in [3.05, 3.63) is 23.6 Å². The molecule has 1 aromatic heterocycles. The van der Waals surface area contributed by atoms with Gasteiger partial charge >= 0.3 is 6.18 Å². The van der Waals surface area contributed by atoms with Crippen LogP contribution in [0.3, 0.4) is 0 Å². The summed E-state index contributed by atoms with van der Waals surface area (Å²) >= 11 is 0. The standard InChI is InChI=1S/C9H6F4N2O/c1-16-6-2-5-4(3-14-15-5)7(8(6)10)9(11,12)13/h2-3H,1H3,(H,14,15). The van der Waals surface area contributed by atoms with E-state index < -0.39 is 23.3 Å². The van der Waals surface area contributed by atoms with Gasteiger partial charge in [-0.05, 0) is 0 Å². The average Bonchev–Trinajstić information content (AvgIpc) is 2.61. The van der Waals surface area contributed by atoms with Crippen molar-refractivity contribution in [1.29, 1.82) is 0 Å². The fraction of sp³-hybridized carbons (Fsp3) is 0.222. The van der Waals surface area contributed by atoms with Crippen LogP contribution in [0, 0.1) is 5.82 Å². The molecule has 0 saturated heterocycles. The highest BCUT2D eigenvalue weighted by Gasteiger charge is 2.38. The van der Waals surface area contributed by atoms with Crippen molar-refractivity contribution in [2.45, 2.75) is 6.18 Å². The number of aromatic amines is 1. The summed E-state index contributed by atoms with van der Waals surface area (Å²) in [7, 11) is 1.10. The van der Waals surface area contributed by atoms with E-state index in [9.17, 15) is 17.6 Å². The Morgan fingerprint density at radius 2 is 2.06 bits per heavy atom. The van der Waals surface area contributed by atoms with Crippen LogP contribution in [0.1, 0.15) is 5.56 Å². The van der Waals surface area contributed by atoms with Gasteiger partial charge in [0.2, 0.25) is 0 Å². The molecule has 1 heterocycles. The van der Waals surface area contributed by atoms with E-state index in [-0.39, 0.29) is 10.9 Å². The van der Waals surface area contributed by atoms with E-state index in [0.717, 1.165) is 19.4 Å². The van der Waals surface area contributed by atoms with Crippen molar-refractivity contribution < 1.29 is 22.3 Å². The minimum Gasteiger partial charge on any atom is -0.494 e. The fourth-order valence-electron chi connectivity index (χ4n) is 1.47. The van der Waals surface area contributed by atoms with Crippen LogP contribution in [0.5, 0.6) is 5.75 Å². The summed E-state index contributed by atoms with van der Waals surface area (Å²) < 4.78 is 55.9. The first-order chi connectivity index (χ1) is 7.45. The average molecular weight is 234 g/mol. The maximum atomic E-state index is 13.5. The van der Waals surface area contributed by atoms with Crippen LogP contribution >= 0.6 is 0 Å². The lowest BCUT2D eigenvalue weighted by atomic mass is 10.1. The first-order valence-electron chi connectivity index (χ1n) is 4.22. The van der Waals surface area contributed by atoms with Gasteiger partial charge in [-0.1, -0.05) is 0 Å². The zero-order chi connectivity index (χ0) is 11.9. The molecule has 0 aliphatic carbocycles. The number of hydrogen-bond donors (Lipinski definition) is 1. The van der Waals surface area contributed by atoms with Crippen LogP contribution < -0.4 is 4.74 Å². The summed E-state index contributed by atoms with van der Waals surface area (Å²) in [6.07, 6.45) is -3.86. The number of methoxy groups -OCH3 is 1. The molecule has 0 fully saturated rings. The smallest absolute Gasteiger partial charge is 0.420 e. The zero-order valence-corrected chi connectivity index (χ0v) is 8.02. The molecular formula is C9H6F4N2O. The van der Waals surface area contributed by atoms with E-state index in [1.165, 1.54) is 0 Å². The van der Waals surface area contributed by atoms with Gasteiger partial charge in [0, 0.05) is 11.5 Å². The number of alkyl halides is 3. The number of aromatic nitrogens is 2. The maximum absolute atomic E-state index is 13.5. The van der Waals surface area contributed by atoms with Crippen LogP contribution in [-0.4, -0.2) is 17.3 Å². The third-order valence-corrected chi connectivity index (χ3v) is 2.15. The molecule has 86 valence electrons. The number of nitrogens with zero attached hydrogens (tertiary/aromatic N) is 1. The second-order valence-electron chi connectivity index (χ2n) is 3.10. The Morgan fingerprint density at radius 3 is 2.62 bits per heavy atom. The third-order valence-electron chi connectivity index (χ3n) is 2.15. The Balaban J connectivity index is 2.86. The molecule has 0 spiro atoms. The number of nitrogens with one attached hydrogen (secondary N) is 1. The van der Waals surface area contributed by atoms with Crippen LogP contribution in [0.15, 0.2) is 12.3 Å². The van der Waals surface area contributed by atoms with Crippen molar-refractivity contribution in [2.24, 2.45) is 0 Å². The first kappa shape index (κ1) is 10.7. The lowest BCUT2D eigenvalue weighted by Gasteiger charge is -2.11. The summed E-state index contributed by atoms with van der Waals surface area (Å²) in [6.45, 7) is 0. The Kier molecular flexibility index (Phi) is 2.25. The highest BCUT2D eigenvalue weighted by molar-refractivity contribution is 5.84. The largest absolute Gasteiger partial charge is 0.494 e. The van der Waals surface area contributed by atoms with E-state index in [4.69, 9.17) is 0 Å². The maximum Gasteiger partial charge on any atom is 0.420 e. The van der Waals surface area contributed by atoms with Crippen LogP contribution in [0.2, 0.25) is 0 Å². The molecule has 2 rings (SSSR count). The number of H-pyrrole nitrogens is 1. The van der Waals surface area contributed by atoms with Crippen molar-refractivity contribution in [3.8, 4) is 5.75 Å². The lowest BCUT2D eigenvalue weighted by molar-refractivity contribution is -0.138. The normalized spacial score (nSPS) is 12.1. The van der Waals surface area contributed by atoms with Gasteiger partial charge in [-0.3, -0.25) is 5.10 Å². The van der Waals surface area contributed by atoms with Gasteiger partial charge in [0.15, 0.2) is 11.6 Å². The molecular weight excluding hydrogens is 228 g/mol. The topological polar surface area (TPSA) is 37.9 Å². The van der Waals surface area contributed by atoms with Crippen LogP contribution in [0.4, 0.5) is 17.6 Å². The number of halogens is 4. The predicted octanol–water partition coefficient (Wildman–Crippen LogP) is 2.73. The van der Waals surface area contributed by atoms with Gasteiger partial charge in [-0.15, -0.1) is 0 Å². The molecule has 0 radical (unpaired) electrons. The SMILES string of the molecule is COc1cc2[nH]ncc2c(C(F)(F)F)c1F. The van der Waals surface area contributed by atoms with E-state index in [1.54, 1.807) is 0 Å². The zero-order valence-electron chi connectivity index (χ0n) is 8.02. The molecule has 0 saturated carbocycles. The van der Waals surface area contributed by atoms with E-state index in [0.29, 0.717) is 0 Å². The molecule has 16 heavy (non-hydrogen) atoms. The molecule has 0 aliphatic heterocycles. The van der Waals surface area contributed by atoms with E-state index in [1.807, 2.05) is 0 Å². The lowest BCUT2D eigenvalue weighted by Crippen LogP contribution is -2.09. The second kappa shape index (κ2) is 3.36. The van der Waals surface area contributed by atoms with Crippen LogP contribution in [0.25, 0.3) is 10.9 Å². The van der Waals surface area contributed by atoms with Gasteiger partial charge in [-0.25, -0.2) is 4.39 Å². The molecule has 3 nitrogen and oxygen atoms in total. The summed E-state index contributed by atoms with van der Waals surface area (Å²) in [6, 6.07) is 1.13. The summed E-state index contributed by atoms with van der Waals surface area (Å²) in [5, 5.41) is 5.47. The molecule has 0 aliphatic rings. The van der Waals surface area contributed by atoms with E-state index >= 15 is 0 Å². The molecule has 7 heteroatoms. The molecule has 0 atom stereocenters. The number of ether oxygens (including phenoxy) is 1. The first-order valence-corrected chi connectivity index (χ1v) is 4.22. The van der Waals surface area contributed by atoms with Gasteiger partial charge in [0.05, 0.1) is 18.8 Å². The van der Waals surface area contributed by atoms with Gasteiger partial charge in [0.25, 0.3) is 0 Å². The monoisotopic (exact) mass is 234 g/mol. The number of benzene rings is 1. The molecule has 1 aromatic carbocycles. The minimum absolute atomic E-state index is 0.0746. The summed E-state index contributed by atoms with van der Waals surface area (Å²) in [5.74, 6) is -1.90. The molecule has 1 N–H and O–H groups in total. The Hall–Kier alpha value is -1.79. The highest BCUT2D eigenvalue weighted by Crippen LogP contribution is 2.39. The summed E-state index contributed by atoms with van der Waals surface area (Å²) in [4.78, 5) is 0. The van der Waals surface area contributed by atoms with Crippen molar-refractivity contribution in [3.63, 3.8) is 0 Å². The Morgan fingerprint density at radius 1 is 1.38 bits per heavy atom. The number of hydrogen-bond acceptors (Lipinski definition) is 2. The Labute approximate surface area is 87.0 Å². The predicted molar refractivity (Wildman–Crippen MR) is 47.6 cm³/mol. The van der Waals surface area contributed by atoms with Gasteiger partial charge in [-0.2, -0.15) is 18.3 Å². The van der Waals surface area contributed by atoms with Crippen molar-refractivity contribution >= 4 is 10.9 Å². The molecule has 0 unspecified atom stereocenters. The highest BCUT2D eigenvalue weighted by atomic mass is 19.4. The fourth-order valence-corrected chi connectivity index (χ4v) is 1.47. The minimum atomic E-state index is -4.79. The van der Waals surface area contributed by atoms with Crippen molar-refractivity contribution in [1.82, 2.24) is 10.2 Å². The second-order valence-corrected chi connectivity index (χ2v) is 3.10. The van der Waals surface area contributed by atoms with Crippen LogP contribution in [-0.2, 0) is 6.18 Å². The third kappa shape index (κ3) is 1.48. The van der Waals surface area contributed by atoms with Gasteiger partial charge in [0.1, 0.15) is 5.56 Å². The Bertz CT molecular complexity index is 532. The number of rotatable bonds is 1. The molecule has 2 aromatic rings. The van der Waals surface area contributed by atoms with Crippen molar-refractivity contribution in [2.75, 3.05) is 7.11 Å². The van der Waals surface area contributed by atoms with E-state index in [2.05, 4.69) is 14.9 Å². The number of fused-ring (bicyclic) bond motifs is 1. The molecule has 0 bridgehead atoms. The summed E-state index contributed by atoms with van der Waals surface area (Å²) in [5.41, 5.74) is -1.29. The van der Waals surface area contributed by atoms with Gasteiger partial charge < -0.3 is 4.74 Å².